The van der Waals surface area contributed by atoms with Crippen LogP contribution in [0.1, 0.15) is 68.1 Å². The highest BCUT2D eigenvalue weighted by Gasteiger charge is 2.57. The molecule has 0 radical (unpaired) electrons. The molecule has 0 spiro atoms. The number of rotatable bonds is 9. The van der Waals surface area contributed by atoms with E-state index in [0.717, 1.165) is 5.56 Å². The predicted molar refractivity (Wildman–Crippen MR) is 151 cm³/mol. The Morgan fingerprint density at radius 3 is 2.39 bits per heavy atom. The molecular formula is C31H35F4N5O4. The number of ether oxygens (including phenoxy) is 2. The van der Waals surface area contributed by atoms with Gasteiger partial charge in [0.2, 0.25) is 11.8 Å². The highest BCUT2D eigenvalue weighted by molar-refractivity contribution is 5.88. The summed E-state index contributed by atoms with van der Waals surface area (Å²) in [5.74, 6) is -6.73. The molecule has 3 fully saturated rings. The number of nitrogens with zero attached hydrogens (tertiary/aromatic N) is 2. The van der Waals surface area contributed by atoms with Crippen molar-refractivity contribution in [2.45, 2.75) is 74.9 Å². The largest absolute Gasteiger partial charge is 0.445 e. The van der Waals surface area contributed by atoms with Crippen molar-refractivity contribution in [3.8, 4) is 0 Å². The third-order valence-electron chi connectivity index (χ3n) is 9.11. The van der Waals surface area contributed by atoms with Crippen LogP contribution in [0.5, 0.6) is 0 Å². The number of carbonyl (C=O) groups excluding carboxylic acids is 2. The first-order valence-corrected chi connectivity index (χ1v) is 15.0. The first-order chi connectivity index (χ1) is 21.0. The molecule has 2 atom stereocenters. The number of alkyl carbamates (subject to hydrolysis) is 1. The Morgan fingerprint density at radius 1 is 1.00 bits per heavy atom. The number of fused-ring (bicyclic) bond motifs is 1. The molecule has 2 unspecified atom stereocenters. The zero-order valence-corrected chi connectivity index (χ0v) is 24.1. The van der Waals surface area contributed by atoms with Gasteiger partial charge >= 0.3 is 6.09 Å². The van der Waals surface area contributed by atoms with E-state index in [1.807, 2.05) is 30.3 Å². The number of imidazole rings is 1. The van der Waals surface area contributed by atoms with Gasteiger partial charge in [0.1, 0.15) is 12.4 Å². The molecule has 1 saturated heterocycles. The van der Waals surface area contributed by atoms with E-state index in [1.165, 1.54) is 0 Å². The maximum atomic E-state index is 14.0. The number of hydrogen-bond acceptors (Lipinski definition) is 6. The van der Waals surface area contributed by atoms with E-state index in [0.29, 0.717) is 43.1 Å². The summed E-state index contributed by atoms with van der Waals surface area (Å²) in [6.45, 7) is 0.542. The maximum Gasteiger partial charge on any atom is 0.408 e. The molecule has 2 aromatic heterocycles. The second-order valence-corrected chi connectivity index (χ2v) is 12.1. The van der Waals surface area contributed by atoms with Crippen LogP contribution in [0.4, 0.5) is 22.4 Å². The van der Waals surface area contributed by atoms with Gasteiger partial charge < -0.3 is 25.1 Å². The fourth-order valence-electron chi connectivity index (χ4n) is 6.22. The van der Waals surface area contributed by atoms with Gasteiger partial charge in [-0.25, -0.2) is 32.3 Å². The van der Waals surface area contributed by atoms with Gasteiger partial charge in [0, 0.05) is 44.9 Å². The van der Waals surface area contributed by atoms with Crippen molar-refractivity contribution in [3.05, 3.63) is 59.5 Å². The summed E-state index contributed by atoms with van der Waals surface area (Å²) in [7, 11) is 0. The maximum absolute atomic E-state index is 14.0. The fourth-order valence-corrected chi connectivity index (χ4v) is 6.22. The lowest BCUT2D eigenvalue weighted by atomic mass is 9.76. The molecule has 2 amide bonds. The van der Waals surface area contributed by atoms with Crippen LogP contribution in [-0.4, -0.2) is 58.6 Å². The molecule has 3 N–H and O–H groups in total. The first kappa shape index (κ1) is 30.3. The van der Waals surface area contributed by atoms with Crippen LogP contribution in [0, 0.1) is 11.8 Å². The van der Waals surface area contributed by atoms with Crippen molar-refractivity contribution in [2.24, 2.45) is 11.8 Å². The van der Waals surface area contributed by atoms with E-state index >= 15 is 0 Å². The third kappa shape index (κ3) is 6.52. The van der Waals surface area contributed by atoms with Crippen LogP contribution in [0.3, 0.4) is 0 Å². The summed E-state index contributed by atoms with van der Waals surface area (Å²) < 4.78 is 65.9. The monoisotopic (exact) mass is 617 g/mol. The molecule has 2 saturated carbocycles. The van der Waals surface area contributed by atoms with Crippen LogP contribution < -0.4 is 10.6 Å². The van der Waals surface area contributed by atoms with E-state index in [1.54, 1.807) is 12.1 Å². The Bertz CT molecular complexity index is 1480. The minimum absolute atomic E-state index is 0.0411. The average Bonchev–Trinajstić information content (AvgIpc) is 3.42. The van der Waals surface area contributed by atoms with Gasteiger partial charge in [0.25, 0.3) is 5.92 Å². The van der Waals surface area contributed by atoms with Gasteiger partial charge in [-0.05, 0) is 49.3 Å². The Labute approximate surface area is 251 Å². The van der Waals surface area contributed by atoms with E-state index in [9.17, 15) is 27.2 Å². The quantitative estimate of drug-likeness (QED) is 0.270. The Hall–Kier alpha value is -3.74. The molecule has 9 nitrogen and oxygen atoms in total. The number of amides is 2. The number of hydrogen-bond donors (Lipinski definition) is 3. The number of aromatic amines is 1. The number of carbonyl (C=O) groups is 2. The van der Waals surface area contributed by atoms with E-state index in [-0.39, 0.29) is 62.7 Å². The summed E-state index contributed by atoms with van der Waals surface area (Å²) in [4.78, 5) is 38.9. The number of nitrogens with one attached hydrogen (secondary N) is 3. The standard InChI is InChI=1S/C31H35F4N5O4/c32-30(33)10-8-20(9-11-30)24(39-28(42)44-18-19-4-2-1-3-5-19)26-37-22-6-7-23(38-25(22)40-26)29(12-14-43-15-13-29)27(41)36-17-21-16-31(21,34)35/h1-7,20-21,24H,8-18H2,(H,36,41)(H,39,42)(H,37,38,40). The Balaban J connectivity index is 1.24. The SMILES string of the molecule is O=C(NC(c1nc2nc(C3(C(=O)NCC4CC4(F)F)CCOCC3)ccc2[nH]1)C1CCC(F)(F)CC1)OCc1ccccc1. The molecule has 3 heterocycles. The summed E-state index contributed by atoms with van der Waals surface area (Å²) in [6, 6.07) is 11.9. The summed E-state index contributed by atoms with van der Waals surface area (Å²) in [6.07, 6.45) is -0.548. The van der Waals surface area contributed by atoms with Crippen molar-refractivity contribution < 1.29 is 36.6 Å². The van der Waals surface area contributed by atoms with Crippen LogP contribution in [0.25, 0.3) is 11.2 Å². The first-order valence-electron chi connectivity index (χ1n) is 15.0. The molecule has 1 aliphatic heterocycles. The second kappa shape index (κ2) is 12.0. The molecule has 0 bridgehead atoms. The molecule has 6 rings (SSSR count). The zero-order chi connectivity index (χ0) is 31.0. The smallest absolute Gasteiger partial charge is 0.408 e. The van der Waals surface area contributed by atoms with Gasteiger partial charge in [-0.15, -0.1) is 0 Å². The normalized spacial score (nSPS) is 23.0. The van der Waals surface area contributed by atoms with E-state index in [4.69, 9.17) is 14.5 Å². The lowest BCUT2D eigenvalue weighted by Gasteiger charge is -2.35. The highest BCUT2D eigenvalue weighted by Crippen LogP contribution is 2.48. The van der Waals surface area contributed by atoms with Crippen molar-refractivity contribution in [2.75, 3.05) is 19.8 Å². The summed E-state index contributed by atoms with van der Waals surface area (Å²) >= 11 is 0. The Kier molecular flexibility index (Phi) is 8.25. The number of pyridine rings is 1. The third-order valence-corrected chi connectivity index (χ3v) is 9.11. The lowest BCUT2D eigenvalue weighted by molar-refractivity contribution is -0.130. The van der Waals surface area contributed by atoms with Gasteiger partial charge in [-0.1, -0.05) is 30.3 Å². The van der Waals surface area contributed by atoms with E-state index in [2.05, 4.69) is 20.6 Å². The van der Waals surface area contributed by atoms with Crippen molar-refractivity contribution in [1.29, 1.82) is 0 Å². The molecule has 44 heavy (non-hydrogen) atoms. The zero-order valence-electron chi connectivity index (χ0n) is 24.1. The number of benzene rings is 1. The van der Waals surface area contributed by atoms with Gasteiger partial charge in [-0.2, -0.15) is 0 Å². The number of aromatic nitrogens is 3. The van der Waals surface area contributed by atoms with Crippen molar-refractivity contribution in [1.82, 2.24) is 25.6 Å². The minimum Gasteiger partial charge on any atom is -0.445 e. The summed E-state index contributed by atoms with van der Waals surface area (Å²) in [5, 5.41) is 5.55. The van der Waals surface area contributed by atoms with Crippen LogP contribution >= 0.6 is 0 Å². The van der Waals surface area contributed by atoms with Crippen molar-refractivity contribution in [3.63, 3.8) is 0 Å². The molecule has 2 aliphatic carbocycles. The molecule has 1 aromatic carbocycles. The van der Waals surface area contributed by atoms with Gasteiger partial charge in [0.15, 0.2) is 5.65 Å². The molecule has 3 aromatic rings. The van der Waals surface area contributed by atoms with Gasteiger partial charge in [-0.3, -0.25) is 4.79 Å². The predicted octanol–water partition coefficient (Wildman–Crippen LogP) is 5.57. The van der Waals surface area contributed by atoms with Gasteiger partial charge in [0.05, 0.1) is 22.7 Å². The number of alkyl halides is 4. The molecular weight excluding hydrogens is 582 g/mol. The number of halogens is 4. The molecule has 236 valence electrons. The van der Waals surface area contributed by atoms with Crippen molar-refractivity contribution >= 4 is 23.2 Å². The highest BCUT2D eigenvalue weighted by atomic mass is 19.3. The fraction of sp³-hybridized carbons (Fsp3) is 0.548. The average molecular weight is 618 g/mol. The lowest BCUT2D eigenvalue weighted by Crippen LogP contribution is -2.49. The van der Waals surface area contributed by atoms with Crippen LogP contribution in [0.15, 0.2) is 42.5 Å². The minimum atomic E-state index is -2.76. The number of H-pyrrole nitrogens is 1. The molecule has 3 aliphatic rings. The topological polar surface area (TPSA) is 118 Å². The molecule has 13 heteroatoms. The second-order valence-electron chi connectivity index (χ2n) is 12.1. The van der Waals surface area contributed by atoms with Crippen LogP contribution in [-0.2, 0) is 26.3 Å². The summed E-state index contributed by atoms with van der Waals surface area (Å²) in [5.41, 5.74) is 0.985. The van der Waals surface area contributed by atoms with Crippen LogP contribution in [0.2, 0.25) is 0 Å². The Morgan fingerprint density at radius 2 is 1.70 bits per heavy atom. The van der Waals surface area contributed by atoms with E-state index < -0.39 is 35.3 Å².